The van der Waals surface area contributed by atoms with Crippen LogP contribution >= 0.6 is 0 Å². The number of nitrogens with one attached hydrogen (secondary N) is 2. The number of rotatable bonds is 7. The zero-order chi connectivity index (χ0) is 16.7. The van der Waals surface area contributed by atoms with Crippen LogP contribution in [0.3, 0.4) is 0 Å². The van der Waals surface area contributed by atoms with Crippen LogP contribution in [0.5, 0.6) is 0 Å². The Labute approximate surface area is 135 Å². The Morgan fingerprint density at radius 3 is 2.65 bits per heavy atom. The van der Waals surface area contributed by atoms with Gasteiger partial charge in [-0.25, -0.2) is 14.2 Å². The molecule has 23 heavy (non-hydrogen) atoms. The van der Waals surface area contributed by atoms with Gasteiger partial charge in [-0.15, -0.1) is 0 Å². The number of hydrogen-bond donors (Lipinski definition) is 2. The zero-order valence-corrected chi connectivity index (χ0v) is 13.6. The predicted octanol–water partition coefficient (Wildman–Crippen LogP) is 3.14. The average molecular weight is 318 g/mol. The molecule has 0 saturated carbocycles. The van der Waals surface area contributed by atoms with Crippen molar-refractivity contribution in [1.29, 1.82) is 0 Å². The molecule has 0 spiro atoms. The van der Waals surface area contributed by atoms with Gasteiger partial charge in [0.25, 0.3) is 0 Å². The molecule has 124 valence electrons. The van der Waals surface area contributed by atoms with Gasteiger partial charge in [0, 0.05) is 26.0 Å². The largest absolute Gasteiger partial charge is 0.338 e. The van der Waals surface area contributed by atoms with Crippen molar-refractivity contribution in [1.82, 2.24) is 20.2 Å². The highest BCUT2D eigenvalue weighted by Gasteiger charge is 2.20. The van der Waals surface area contributed by atoms with Crippen LogP contribution in [-0.2, 0) is 7.05 Å². The second kappa shape index (κ2) is 8.31. The number of nitrogens with zero attached hydrogens (tertiary/aromatic N) is 2. The van der Waals surface area contributed by atoms with Crippen LogP contribution in [0, 0.1) is 5.82 Å². The van der Waals surface area contributed by atoms with Gasteiger partial charge in [-0.1, -0.05) is 31.9 Å². The van der Waals surface area contributed by atoms with E-state index in [1.807, 2.05) is 17.8 Å². The first-order chi connectivity index (χ1) is 11.1. The third-order valence-electron chi connectivity index (χ3n) is 3.66. The highest BCUT2D eigenvalue weighted by Crippen LogP contribution is 2.20. The van der Waals surface area contributed by atoms with Gasteiger partial charge in [0.2, 0.25) is 0 Å². The monoisotopic (exact) mass is 318 g/mol. The topological polar surface area (TPSA) is 59.0 Å². The van der Waals surface area contributed by atoms with E-state index in [9.17, 15) is 9.18 Å². The van der Waals surface area contributed by atoms with E-state index in [0.717, 1.165) is 24.8 Å². The zero-order valence-electron chi connectivity index (χ0n) is 13.6. The Kier molecular flexibility index (Phi) is 6.14. The fourth-order valence-electron chi connectivity index (χ4n) is 2.37. The van der Waals surface area contributed by atoms with Gasteiger partial charge in [-0.05, 0) is 24.1 Å². The lowest BCUT2D eigenvalue weighted by Gasteiger charge is -2.19. The molecule has 2 amide bonds. The molecule has 1 unspecified atom stereocenters. The summed E-state index contributed by atoms with van der Waals surface area (Å²) < 4.78 is 15.0. The molecule has 1 aromatic carbocycles. The maximum absolute atomic E-state index is 13.2. The highest BCUT2D eigenvalue weighted by molar-refractivity contribution is 5.74. The minimum Gasteiger partial charge on any atom is -0.338 e. The fraction of sp³-hybridized carbons (Fsp3) is 0.412. The quantitative estimate of drug-likeness (QED) is 0.771. The molecule has 0 aliphatic carbocycles. The lowest BCUT2D eigenvalue weighted by atomic mass is 10.1. The molecular formula is C17H23FN4O. The van der Waals surface area contributed by atoms with Crippen molar-refractivity contribution in [3.05, 3.63) is 53.9 Å². The van der Waals surface area contributed by atoms with Crippen molar-refractivity contribution >= 4 is 6.03 Å². The summed E-state index contributed by atoms with van der Waals surface area (Å²) in [7, 11) is 1.86. The minimum atomic E-state index is -0.429. The van der Waals surface area contributed by atoms with Crippen LogP contribution in [0.4, 0.5) is 9.18 Å². The van der Waals surface area contributed by atoms with Gasteiger partial charge in [0.1, 0.15) is 17.7 Å². The predicted molar refractivity (Wildman–Crippen MR) is 87.5 cm³/mol. The summed E-state index contributed by atoms with van der Waals surface area (Å²) in [5.74, 6) is 0.386. The number of amides is 2. The molecule has 0 bridgehead atoms. The molecule has 0 fully saturated rings. The second-order valence-corrected chi connectivity index (χ2v) is 5.49. The van der Waals surface area contributed by atoms with Gasteiger partial charge in [0.15, 0.2) is 0 Å². The van der Waals surface area contributed by atoms with Crippen molar-refractivity contribution in [2.75, 3.05) is 6.54 Å². The number of imidazole rings is 1. The normalized spacial score (nSPS) is 12.0. The van der Waals surface area contributed by atoms with Crippen molar-refractivity contribution in [3.63, 3.8) is 0 Å². The number of hydrogen-bond acceptors (Lipinski definition) is 2. The third-order valence-corrected chi connectivity index (χ3v) is 3.66. The van der Waals surface area contributed by atoms with Gasteiger partial charge >= 0.3 is 6.03 Å². The minimum absolute atomic E-state index is 0.251. The molecule has 1 atom stereocenters. The van der Waals surface area contributed by atoms with Gasteiger partial charge in [0.05, 0.1) is 0 Å². The van der Waals surface area contributed by atoms with Crippen LogP contribution in [0.25, 0.3) is 0 Å². The molecule has 0 aliphatic rings. The first-order valence-corrected chi connectivity index (χ1v) is 7.89. The summed E-state index contributed by atoms with van der Waals surface area (Å²) >= 11 is 0. The number of carbonyl (C=O) groups excluding carboxylic acids is 1. The van der Waals surface area contributed by atoms with E-state index in [-0.39, 0.29) is 11.8 Å². The van der Waals surface area contributed by atoms with Gasteiger partial charge < -0.3 is 15.2 Å². The maximum atomic E-state index is 13.2. The molecule has 2 rings (SSSR count). The SMILES string of the molecule is CCCCCNC(=O)NC(c1ccc(F)cc1)c1nccn1C. The molecule has 0 aliphatic heterocycles. The summed E-state index contributed by atoms with van der Waals surface area (Å²) in [6.45, 7) is 2.75. The molecule has 1 aromatic heterocycles. The number of aryl methyl sites for hydroxylation is 1. The van der Waals surface area contributed by atoms with E-state index < -0.39 is 6.04 Å². The molecule has 5 nitrogen and oxygen atoms in total. The summed E-state index contributed by atoms with van der Waals surface area (Å²) in [6.07, 6.45) is 6.63. The molecular weight excluding hydrogens is 295 g/mol. The van der Waals surface area contributed by atoms with Crippen LogP contribution in [0.15, 0.2) is 36.7 Å². The number of aromatic nitrogens is 2. The van der Waals surface area contributed by atoms with Crippen LogP contribution in [-0.4, -0.2) is 22.1 Å². The Hall–Kier alpha value is -2.37. The maximum Gasteiger partial charge on any atom is 0.315 e. The second-order valence-electron chi connectivity index (χ2n) is 5.49. The van der Waals surface area contributed by atoms with E-state index in [1.54, 1.807) is 18.3 Å². The Bertz CT molecular complexity index is 624. The molecule has 2 N–H and O–H groups in total. The van der Waals surface area contributed by atoms with E-state index in [0.29, 0.717) is 12.4 Å². The summed E-state index contributed by atoms with van der Waals surface area (Å²) in [5.41, 5.74) is 0.782. The first-order valence-electron chi connectivity index (χ1n) is 7.89. The van der Waals surface area contributed by atoms with E-state index in [2.05, 4.69) is 22.5 Å². The standard InChI is InChI=1S/C17H23FN4O/c1-3-4-5-10-20-17(23)21-15(16-19-11-12-22(16)2)13-6-8-14(18)9-7-13/h6-9,11-12,15H,3-5,10H2,1-2H3,(H2,20,21,23). The Morgan fingerprint density at radius 2 is 2.04 bits per heavy atom. The number of carbonyl (C=O) groups is 1. The Balaban J connectivity index is 2.10. The fourth-order valence-corrected chi connectivity index (χ4v) is 2.37. The number of unbranched alkanes of at least 4 members (excludes halogenated alkanes) is 2. The van der Waals surface area contributed by atoms with Crippen LogP contribution in [0.1, 0.15) is 43.6 Å². The van der Waals surface area contributed by atoms with Crippen molar-refractivity contribution in [3.8, 4) is 0 Å². The van der Waals surface area contributed by atoms with Crippen LogP contribution in [0.2, 0.25) is 0 Å². The summed E-state index contributed by atoms with van der Waals surface area (Å²) in [4.78, 5) is 16.4. The molecule has 6 heteroatoms. The molecule has 2 aromatic rings. The van der Waals surface area contributed by atoms with Crippen molar-refractivity contribution < 1.29 is 9.18 Å². The smallest absolute Gasteiger partial charge is 0.315 e. The van der Waals surface area contributed by atoms with E-state index in [1.165, 1.54) is 12.1 Å². The Morgan fingerprint density at radius 1 is 1.30 bits per heavy atom. The number of urea groups is 1. The van der Waals surface area contributed by atoms with Crippen molar-refractivity contribution in [2.24, 2.45) is 7.05 Å². The molecule has 0 saturated heterocycles. The summed E-state index contributed by atoms with van der Waals surface area (Å²) in [5, 5.41) is 5.77. The molecule has 1 heterocycles. The number of benzene rings is 1. The van der Waals surface area contributed by atoms with Crippen LogP contribution < -0.4 is 10.6 Å². The average Bonchev–Trinajstić information content (AvgIpc) is 2.96. The first kappa shape index (κ1) is 17.0. The van der Waals surface area contributed by atoms with E-state index >= 15 is 0 Å². The van der Waals surface area contributed by atoms with Gasteiger partial charge in [-0.2, -0.15) is 0 Å². The van der Waals surface area contributed by atoms with Crippen molar-refractivity contribution in [2.45, 2.75) is 32.2 Å². The van der Waals surface area contributed by atoms with Gasteiger partial charge in [-0.3, -0.25) is 0 Å². The van der Waals surface area contributed by atoms with E-state index in [4.69, 9.17) is 0 Å². The lowest BCUT2D eigenvalue weighted by Crippen LogP contribution is -2.39. The molecule has 0 radical (unpaired) electrons. The third kappa shape index (κ3) is 4.81. The number of halogens is 1. The summed E-state index contributed by atoms with van der Waals surface area (Å²) in [6, 6.07) is 5.40. The lowest BCUT2D eigenvalue weighted by molar-refractivity contribution is 0.238. The highest BCUT2D eigenvalue weighted by atomic mass is 19.1.